The Bertz CT molecular complexity index is 1410. The van der Waals surface area contributed by atoms with Crippen molar-refractivity contribution in [1.29, 1.82) is 0 Å². The first-order valence-corrected chi connectivity index (χ1v) is 12.9. The molecule has 5 heteroatoms. The molecule has 5 rings (SSSR count). The molecule has 1 amide bonds. The highest BCUT2D eigenvalue weighted by molar-refractivity contribution is 7.22. The molecule has 0 atom stereocenters. The van der Waals surface area contributed by atoms with Gasteiger partial charge >= 0.3 is 0 Å². The van der Waals surface area contributed by atoms with E-state index in [2.05, 4.69) is 67.2 Å². The third-order valence-electron chi connectivity index (χ3n) is 5.92. The van der Waals surface area contributed by atoms with Crippen LogP contribution >= 0.6 is 11.3 Å². The van der Waals surface area contributed by atoms with Crippen LogP contribution in [-0.2, 0) is 13.5 Å². The van der Waals surface area contributed by atoms with E-state index in [0.717, 1.165) is 16.9 Å². The second-order valence-electron chi connectivity index (χ2n) is 8.60. The molecule has 2 aromatic heterocycles. The van der Waals surface area contributed by atoms with Gasteiger partial charge < -0.3 is 15.0 Å². The number of hydrogen-bond donors (Lipinski definition) is 1. The average molecular weight is 485 g/mol. The van der Waals surface area contributed by atoms with Gasteiger partial charge in [-0.2, -0.15) is 0 Å². The fourth-order valence-corrected chi connectivity index (χ4v) is 5.29. The highest BCUT2D eigenvalue weighted by atomic mass is 32.1. The van der Waals surface area contributed by atoms with Crippen LogP contribution in [0.5, 0.6) is 5.75 Å². The SMILES string of the molecule is CCCOc1ccc(-c2cc3ccccc3s2)cc1C(N)=O.CCCc1cn(C)c2ccccc12. The van der Waals surface area contributed by atoms with Crippen LogP contribution in [0.3, 0.4) is 0 Å². The molecule has 0 aliphatic carbocycles. The fraction of sp³-hybridized carbons (Fsp3) is 0.233. The summed E-state index contributed by atoms with van der Waals surface area (Å²) in [5.41, 5.74) is 9.72. The number of nitrogens with two attached hydrogens (primary N) is 1. The standard InChI is InChI=1S/C18H17NO2S.C12H15N/c1-2-9-21-15-8-7-13(10-14(15)18(19)20)17-11-12-5-3-4-6-16(12)22-17;1-3-6-10-9-13(2)12-8-5-4-7-11(10)12/h3-8,10-11H,2,9H2,1H3,(H2,19,20);4-5,7-9H,3,6H2,1-2H3. The number of carbonyl (C=O) groups excluding carboxylic acids is 1. The number of amides is 1. The zero-order valence-corrected chi connectivity index (χ0v) is 21.4. The summed E-state index contributed by atoms with van der Waals surface area (Å²) in [6.07, 6.45) is 5.53. The van der Waals surface area contributed by atoms with E-state index < -0.39 is 5.91 Å². The number of ether oxygens (including phenoxy) is 1. The number of aromatic nitrogens is 1. The zero-order chi connectivity index (χ0) is 24.8. The van der Waals surface area contributed by atoms with Crippen molar-refractivity contribution in [2.45, 2.75) is 33.1 Å². The van der Waals surface area contributed by atoms with E-state index in [1.165, 1.54) is 39.4 Å². The number of carbonyl (C=O) groups is 1. The van der Waals surface area contributed by atoms with Gasteiger partial charge in [-0.3, -0.25) is 4.79 Å². The Morgan fingerprint density at radius 2 is 1.74 bits per heavy atom. The summed E-state index contributed by atoms with van der Waals surface area (Å²) in [6, 6.07) is 24.6. The van der Waals surface area contributed by atoms with Crippen LogP contribution in [0.25, 0.3) is 31.4 Å². The summed E-state index contributed by atoms with van der Waals surface area (Å²) in [5.74, 6) is 0.0910. The van der Waals surface area contributed by atoms with E-state index in [-0.39, 0.29) is 0 Å². The van der Waals surface area contributed by atoms with Gasteiger partial charge in [-0.15, -0.1) is 11.3 Å². The van der Waals surface area contributed by atoms with Crippen LogP contribution in [0.2, 0.25) is 0 Å². The van der Waals surface area contributed by atoms with Gasteiger partial charge in [0.05, 0.1) is 12.2 Å². The van der Waals surface area contributed by atoms with Gasteiger partial charge in [-0.1, -0.05) is 56.7 Å². The molecule has 0 fully saturated rings. The molecule has 0 aliphatic heterocycles. The first-order chi connectivity index (χ1) is 17.0. The molecule has 4 nitrogen and oxygen atoms in total. The van der Waals surface area contributed by atoms with Crippen LogP contribution < -0.4 is 10.5 Å². The van der Waals surface area contributed by atoms with Gasteiger partial charge in [0.1, 0.15) is 5.75 Å². The van der Waals surface area contributed by atoms with Crippen molar-refractivity contribution in [1.82, 2.24) is 4.57 Å². The number of fused-ring (bicyclic) bond motifs is 2. The highest BCUT2D eigenvalue weighted by Crippen LogP contribution is 2.35. The van der Waals surface area contributed by atoms with E-state index in [1.54, 1.807) is 11.3 Å². The minimum absolute atomic E-state index is 0.434. The average Bonchev–Trinajstić information content (AvgIpc) is 3.45. The molecule has 35 heavy (non-hydrogen) atoms. The number of thiophene rings is 1. The Balaban J connectivity index is 0.000000189. The molecule has 0 unspecified atom stereocenters. The van der Waals surface area contributed by atoms with Crippen LogP contribution in [0.15, 0.2) is 79.0 Å². The predicted octanol–water partition coefficient (Wildman–Crippen LogP) is 7.59. The maximum atomic E-state index is 11.7. The summed E-state index contributed by atoms with van der Waals surface area (Å²) in [7, 11) is 2.11. The number of rotatable bonds is 7. The van der Waals surface area contributed by atoms with Gasteiger partial charge in [0, 0.05) is 33.7 Å². The molecule has 0 bridgehead atoms. The Hall–Kier alpha value is -3.57. The lowest BCUT2D eigenvalue weighted by Gasteiger charge is -2.10. The molecular weight excluding hydrogens is 452 g/mol. The maximum Gasteiger partial charge on any atom is 0.252 e. The van der Waals surface area contributed by atoms with Gasteiger partial charge in [0.15, 0.2) is 0 Å². The topological polar surface area (TPSA) is 57.2 Å². The summed E-state index contributed by atoms with van der Waals surface area (Å²) < 4.78 is 9.03. The summed E-state index contributed by atoms with van der Waals surface area (Å²) in [4.78, 5) is 12.8. The van der Waals surface area contributed by atoms with Gasteiger partial charge in [-0.25, -0.2) is 0 Å². The first-order valence-electron chi connectivity index (χ1n) is 12.1. The van der Waals surface area contributed by atoms with Crippen LogP contribution in [0, 0.1) is 0 Å². The van der Waals surface area contributed by atoms with E-state index in [4.69, 9.17) is 10.5 Å². The van der Waals surface area contributed by atoms with Crippen molar-refractivity contribution in [2.75, 3.05) is 6.61 Å². The number of para-hydroxylation sites is 1. The molecular formula is C30H32N2O2S. The molecule has 180 valence electrons. The van der Waals surface area contributed by atoms with Crippen LogP contribution in [0.1, 0.15) is 42.6 Å². The van der Waals surface area contributed by atoms with E-state index in [9.17, 15) is 4.79 Å². The molecule has 0 saturated heterocycles. The minimum Gasteiger partial charge on any atom is -0.493 e. The largest absolute Gasteiger partial charge is 0.493 e. The minimum atomic E-state index is -0.464. The molecule has 2 heterocycles. The Morgan fingerprint density at radius 1 is 0.971 bits per heavy atom. The van der Waals surface area contributed by atoms with E-state index >= 15 is 0 Å². The summed E-state index contributed by atoms with van der Waals surface area (Å²) in [6.45, 7) is 4.82. The lowest BCUT2D eigenvalue weighted by molar-refractivity contribution is 0.0996. The Morgan fingerprint density at radius 3 is 2.49 bits per heavy atom. The second kappa shape index (κ2) is 11.2. The first kappa shape index (κ1) is 24.6. The van der Waals surface area contributed by atoms with Crippen molar-refractivity contribution in [3.8, 4) is 16.2 Å². The third-order valence-corrected chi connectivity index (χ3v) is 7.08. The molecule has 2 N–H and O–H groups in total. The lowest BCUT2D eigenvalue weighted by Crippen LogP contribution is -2.13. The highest BCUT2D eigenvalue weighted by Gasteiger charge is 2.13. The number of benzene rings is 3. The number of nitrogens with zero attached hydrogens (tertiary/aromatic N) is 1. The molecule has 3 aromatic carbocycles. The van der Waals surface area contributed by atoms with Gasteiger partial charge in [0.25, 0.3) is 5.91 Å². The molecule has 0 radical (unpaired) electrons. The Labute approximate surface area is 211 Å². The number of primary amides is 1. The lowest BCUT2D eigenvalue weighted by atomic mass is 10.1. The van der Waals surface area contributed by atoms with Gasteiger partial charge in [-0.05, 0) is 65.8 Å². The van der Waals surface area contributed by atoms with E-state index in [1.807, 2.05) is 37.3 Å². The number of hydrogen-bond acceptors (Lipinski definition) is 3. The van der Waals surface area contributed by atoms with E-state index in [0.29, 0.717) is 17.9 Å². The quantitative estimate of drug-likeness (QED) is 0.259. The molecule has 5 aromatic rings. The van der Waals surface area contributed by atoms with Crippen molar-refractivity contribution in [2.24, 2.45) is 12.8 Å². The number of aryl methyl sites for hydroxylation is 2. The monoisotopic (exact) mass is 484 g/mol. The summed E-state index contributed by atoms with van der Waals surface area (Å²) >= 11 is 1.70. The van der Waals surface area contributed by atoms with Crippen molar-refractivity contribution in [3.05, 3.63) is 90.1 Å². The fourth-order valence-electron chi connectivity index (χ4n) is 4.23. The predicted molar refractivity (Wildman–Crippen MR) is 148 cm³/mol. The maximum absolute atomic E-state index is 11.7. The van der Waals surface area contributed by atoms with Crippen molar-refractivity contribution >= 4 is 38.2 Å². The van der Waals surface area contributed by atoms with Gasteiger partial charge in [0.2, 0.25) is 0 Å². The smallest absolute Gasteiger partial charge is 0.252 e. The van der Waals surface area contributed by atoms with Crippen LogP contribution in [-0.4, -0.2) is 17.1 Å². The normalized spacial score (nSPS) is 10.8. The molecule has 0 aliphatic rings. The van der Waals surface area contributed by atoms with Crippen LogP contribution in [0.4, 0.5) is 0 Å². The van der Waals surface area contributed by atoms with Crippen molar-refractivity contribution in [3.63, 3.8) is 0 Å². The summed E-state index contributed by atoms with van der Waals surface area (Å²) in [5, 5.41) is 2.61. The third kappa shape index (κ3) is 5.57. The molecule has 0 spiro atoms. The second-order valence-corrected chi connectivity index (χ2v) is 9.69. The van der Waals surface area contributed by atoms with Crippen molar-refractivity contribution < 1.29 is 9.53 Å². The Kier molecular flexibility index (Phi) is 7.88. The molecule has 0 saturated carbocycles. The zero-order valence-electron chi connectivity index (χ0n) is 20.6.